The average molecular weight is 304 g/mol. The van der Waals surface area contributed by atoms with Crippen molar-refractivity contribution in [3.63, 3.8) is 0 Å². The molecule has 88 valence electrons. The third kappa shape index (κ3) is 23.1. The Hall–Kier alpha value is -1.08. The molecule has 0 aromatic heterocycles. The van der Waals surface area contributed by atoms with E-state index in [1.807, 2.05) is 6.07 Å². The maximum absolute atomic E-state index is 7.75. The molecule has 0 atom stereocenters. The van der Waals surface area contributed by atoms with Crippen molar-refractivity contribution in [3.8, 4) is 0 Å². The van der Waals surface area contributed by atoms with E-state index in [9.17, 15) is 0 Å². The summed E-state index contributed by atoms with van der Waals surface area (Å²) in [5.41, 5.74) is 1.41. The van der Waals surface area contributed by atoms with Crippen LogP contribution in [-0.2, 0) is 41.9 Å². The molecular formula is C12H16MoO3. The van der Waals surface area contributed by atoms with Gasteiger partial charge in [-0.15, -0.1) is 0 Å². The van der Waals surface area contributed by atoms with E-state index in [0.717, 1.165) is 6.42 Å². The molecule has 0 saturated heterocycles. The van der Waals surface area contributed by atoms with Gasteiger partial charge in [-0.25, -0.2) is 0 Å². The minimum absolute atomic E-state index is 0. The Balaban J connectivity index is -0.0000000445. The van der Waals surface area contributed by atoms with E-state index in [2.05, 4.69) is 51.6 Å². The number of benzene rings is 1. The van der Waals surface area contributed by atoms with Crippen molar-refractivity contribution >= 4 is 20.4 Å². The summed E-state index contributed by atoms with van der Waals surface area (Å²) in [5.74, 6) is 0. The summed E-state index contributed by atoms with van der Waals surface area (Å²) >= 11 is 0. The third-order valence-electron chi connectivity index (χ3n) is 1.25. The fourth-order valence-corrected chi connectivity index (χ4v) is 0.714. The van der Waals surface area contributed by atoms with Crippen LogP contribution >= 0.6 is 0 Å². The van der Waals surface area contributed by atoms with Crippen LogP contribution in [0.1, 0.15) is 12.5 Å². The van der Waals surface area contributed by atoms with Crippen LogP contribution in [0.15, 0.2) is 30.3 Å². The number of hydrogen-bond donors (Lipinski definition) is 0. The monoisotopic (exact) mass is 306 g/mol. The number of carbonyl (C=O) groups excluding carboxylic acids is 3. The Bertz CT molecular complexity index is 188. The minimum atomic E-state index is 0. The smallest absolute Gasteiger partial charge is 0.545 e. The van der Waals surface area contributed by atoms with Gasteiger partial charge in [0.2, 0.25) is 0 Å². The fourth-order valence-electron chi connectivity index (χ4n) is 0.714. The van der Waals surface area contributed by atoms with Gasteiger partial charge in [-0.05, 0) is 12.0 Å². The molecule has 0 aliphatic rings. The maximum Gasteiger partial charge on any atom is 4.00 e. The Morgan fingerprint density at radius 3 is 1.38 bits per heavy atom. The molecule has 0 unspecified atom stereocenters. The number of rotatable bonds is 1. The molecule has 16 heavy (non-hydrogen) atoms. The Kier molecular flexibility index (Phi) is 68.0. The molecule has 1 aromatic rings. The molecule has 1 rings (SSSR count). The second kappa shape index (κ2) is 37.0. The van der Waals surface area contributed by atoms with Gasteiger partial charge in [0.1, 0.15) is 0 Å². The summed E-state index contributed by atoms with van der Waals surface area (Å²) < 4.78 is 0. The Labute approximate surface area is 113 Å². The molecule has 1 aromatic carbocycles. The van der Waals surface area contributed by atoms with E-state index in [0.29, 0.717) is 0 Å². The van der Waals surface area contributed by atoms with Crippen LogP contribution in [0.2, 0.25) is 0 Å². The molecule has 0 aliphatic carbocycles. The topological polar surface area (TPSA) is 51.2 Å². The zero-order valence-electron chi connectivity index (χ0n) is 9.46. The van der Waals surface area contributed by atoms with Gasteiger partial charge in [0.05, 0.1) is 0 Å². The van der Waals surface area contributed by atoms with Crippen LogP contribution < -0.4 is 0 Å². The third-order valence-corrected chi connectivity index (χ3v) is 1.25. The van der Waals surface area contributed by atoms with Gasteiger partial charge in [-0.3, -0.25) is 20.4 Å². The van der Waals surface area contributed by atoms with Gasteiger partial charge < -0.3 is 21.8 Å². The summed E-state index contributed by atoms with van der Waals surface area (Å²) in [5, 5.41) is 0. The van der Waals surface area contributed by atoms with E-state index < -0.39 is 0 Å². The molecular weight excluding hydrogens is 288 g/mol. The Morgan fingerprint density at radius 2 is 1.19 bits per heavy atom. The average Bonchev–Trinajstić information content (AvgIpc) is 2.37. The molecule has 0 amide bonds. The standard InChI is InChI=1S/C8H10.3CHO.CH3.Mo/c1-2-8-6-4-3-5-7-8;3*1-2;;/h3-7H,2H2,1H3;3*1H;1H3;/q;4*-1;+4. The van der Waals surface area contributed by atoms with Crippen molar-refractivity contribution in [2.24, 2.45) is 0 Å². The van der Waals surface area contributed by atoms with Crippen LogP contribution in [0, 0.1) is 7.43 Å². The number of hydrogen-bond acceptors (Lipinski definition) is 3. The zero-order chi connectivity index (χ0) is 11.8. The normalized spacial score (nSPS) is 5.31. The molecule has 0 bridgehead atoms. The van der Waals surface area contributed by atoms with Crippen molar-refractivity contribution in [2.45, 2.75) is 13.3 Å². The van der Waals surface area contributed by atoms with Gasteiger partial charge >= 0.3 is 21.1 Å². The first-order chi connectivity index (χ1) is 6.93. The van der Waals surface area contributed by atoms with Crippen molar-refractivity contribution < 1.29 is 35.4 Å². The first kappa shape index (κ1) is 29.4. The molecule has 0 N–H and O–H groups in total. The van der Waals surface area contributed by atoms with E-state index in [-0.39, 0.29) is 28.5 Å². The first-order valence-corrected chi connectivity index (χ1v) is 3.68. The van der Waals surface area contributed by atoms with Crippen molar-refractivity contribution in [2.75, 3.05) is 0 Å². The molecule has 0 heterocycles. The summed E-state index contributed by atoms with van der Waals surface area (Å²) in [6.45, 7) is 11.9. The van der Waals surface area contributed by atoms with Crippen molar-refractivity contribution in [1.82, 2.24) is 0 Å². The van der Waals surface area contributed by atoms with Gasteiger partial charge in [-0.2, -0.15) is 0 Å². The predicted octanol–water partition coefficient (Wildman–Crippen LogP) is 1.87. The van der Waals surface area contributed by atoms with E-state index >= 15 is 0 Å². The predicted molar refractivity (Wildman–Crippen MR) is 62.5 cm³/mol. The molecule has 0 spiro atoms. The summed E-state index contributed by atoms with van der Waals surface area (Å²) in [4.78, 5) is 23.2. The zero-order valence-corrected chi connectivity index (χ0v) is 11.5. The molecule has 0 aliphatic heterocycles. The second-order valence-corrected chi connectivity index (χ2v) is 1.84. The summed E-state index contributed by atoms with van der Waals surface area (Å²) in [7, 11) is 0. The maximum atomic E-state index is 7.75. The van der Waals surface area contributed by atoms with Crippen LogP contribution in [-0.4, -0.2) is 20.4 Å². The largest absolute Gasteiger partial charge is 4.00 e. The summed E-state index contributed by atoms with van der Waals surface area (Å²) in [6, 6.07) is 10.5. The molecule has 0 radical (unpaired) electrons. The van der Waals surface area contributed by atoms with Crippen LogP contribution in [0.25, 0.3) is 0 Å². The quantitative estimate of drug-likeness (QED) is 0.452. The second-order valence-electron chi connectivity index (χ2n) is 1.84. The molecule has 0 saturated carbocycles. The van der Waals surface area contributed by atoms with Crippen LogP contribution in [0.4, 0.5) is 0 Å². The minimum Gasteiger partial charge on any atom is -0.545 e. The van der Waals surface area contributed by atoms with Crippen LogP contribution in [0.3, 0.4) is 0 Å². The van der Waals surface area contributed by atoms with Gasteiger partial charge in [0.25, 0.3) is 0 Å². The molecule has 0 fully saturated rings. The van der Waals surface area contributed by atoms with Gasteiger partial charge in [-0.1, -0.05) is 37.3 Å². The molecule has 4 heteroatoms. The van der Waals surface area contributed by atoms with E-state index in [1.165, 1.54) is 5.56 Å². The van der Waals surface area contributed by atoms with E-state index in [1.54, 1.807) is 0 Å². The SMILES string of the molecule is CCc1ccccc1.[CH-]=O.[CH-]=O.[CH-]=O.[CH3-].[Mo+4]. The van der Waals surface area contributed by atoms with Gasteiger partial charge in [0.15, 0.2) is 0 Å². The molecule has 3 nitrogen and oxygen atoms in total. The first-order valence-electron chi connectivity index (χ1n) is 3.68. The fraction of sp³-hybridized carbons (Fsp3) is 0.167. The van der Waals surface area contributed by atoms with E-state index in [4.69, 9.17) is 14.4 Å². The van der Waals surface area contributed by atoms with Crippen LogP contribution in [0.5, 0.6) is 0 Å². The van der Waals surface area contributed by atoms with Crippen molar-refractivity contribution in [1.29, 1.82) is 0 Å². The number of aryl methyl sites for hydroxylation is 1. The van der Waals surface area contributed by atoms with Crippen molar-refractivity contribution in [3.05, 3.63) is 43.3 Å². The summed E-state index contributed by atoms with van der Waals surface area (Å²) in [6.07, 6.45) is 1.14. The van der Waals surface area contributed by atoms with Gasteiger partial charge in [0, 0.05) is 0 Å². The Morgan fingerprint density at radius 1 is 0.875 bits per heavy atom.